The van der Waals surface area contributed by atoms with Crippen molar-refractivity contribution < 1.29 is 4.74 Å². The van der Waals surface area contributed by atoms with Crippen LogP contribution in [0.3, 0.4) is 0 Å². The van der Waals surface area contributed by atoms with Gasteiger partial charge in [-0.15, -0.1) is 0 Å². The van der Waals surface area contributed by atoms with E-state index >= 15 is 0 Å². The molecule has 1 aliphatic heterocycles. The quantitative estimate of drug-likeness (QED) is 0.792. The molecule has 0 bridgehead atoms. The molecular weight excluding hydrogens is 190 g/mol. The van der Waals surface area contributed by atoms with E-state index in [-0.39, 0.29) is 6.04 Å². The molecular formula is C11H17N3O. The van der Waals surface area contributed by atoms with Crippen molar-refractivity contribution in [1.82, 2.24) is 9.97 Å². The molecule has 1 fully saturated rings. The van der Waals surface area contributed by atoms with Gasteiger partial charge in [-0.1, -0.05) is 0 Å². The van der Waals surface area contributed by atoms with E-state index in [0.717, 1.165) is 37.4 Å². The van der Waals surface area contributed by atoms with E-state index < -0.39 is 0 Å². The molecule has 2 heterocycles. The molecule has 0 saturated carbocycles. The summed E-state index contributed by atoms with van der Waals surface area (Å²) in [5.41, 5.74) is 7.99. The van der Waals surface area contributed by atoms with E-state index in [0.29, 0.717) is 5.92 Å². The van der Waals surface area contributed by atoms with E-state index in [2.05, 4.69) is 9.97 Å². The van der Waals surface area contributed by atoms with Gasteiger partial charge >= 0.3 is 0 Å². The fraction of sp³-hybridized carbons (Fsp3) is 0.636. The fourth-order valence-corrected chi connectivity index (χ4v) is 1.89. The molecule has 0 aliphatic carbocycles. The van der Waals surface area contributed by atoms with Crippen LogP contribution in [0.15, 0.2) is 12.4 Å². The first-order valence-electron chi connectivity index (χ1n) is 5.39. The van der Waals surface area contributed by atoms with Crippen molar-refractivity contribution in [2.75, 3.05) is 13.2 Å². The van der Waals surface area contributed by atoms with Crippen LogP contribution in [0.5, 0.6) is 0 Å². The Balaban J connectivity index is 2.05. The summed E-state index contributed by atoms with van der Waals surface area (Å²) in [6.45, 7) is 3.56. The summed E-state index contributed by atoms with van der Waals surface area (Å²) in [6, 6.07) is 0.00185. The maximum Gasteiger partial charge on any atom is 0.0756 e. The van der Waals surface area contributed by atoms with Crippen LogP contribution < -0.4 is 5.73 Å². The predicted octanol–water partition coefficient (Wildman–Crippen LogP) is 1.21. The molecule has 1 aliphatic rings. The molecule has 1 aromatic rings. The summed E-state index contributed by atoms with van der Waals surface area (Å²) in [7, 11) is 0. The number of rotatable bonds is 2. The second-order valence-corrected chi connectivity index (χ2v) is 4.06. The van der Waals surface area contributed by atoms with Gasteiger partial charge in [0.25, 0.3) is 0 Å². The largest absolute Gasteiger partial charge is 0.381 e. The van der Waals surface area contributed by atoms with Crippen LogP contribution in [-0.2, 0) is 4.74 Å². The molecule has 0 radical (unpaired) electrons. The first-order chi connectivity index (χ1) is 7.27. The Bertz CT molecular complexity index is 306. The predicted molar refractivity (Wildman–Crippen MR) is 57.2 cm³/mol. The highest BCUT2D eigenvalue weighted by Gasteiger charge is 2.23. The summed E-state index contributed by atoms with van der Waals surface area (Å²) in [5.74, 6) is 0.482. The van der Waals surface area contributed by atoms with E-state index in [9.17, 15) is 0 Å². The Morgan fingerprint density at radius 3 is 2.67 bits per heavy atom. The number of hydrogen-bond acceptors (Lipinski definition) is 4. The van der Waals surface area contributed by atoms with Crippen LogP contribution in [0.1, 0.15) is 30.3 Å². The summed E-state index contributed by atoms with van der Waals surface area (Å²) in [4.78, 5) is 8.55. The normalized spacial score (nSPS) is 20.1. The highest BCUT2D eigenvalue weighted by molar-refractivity contribution is 5.06. The van der Waals surface area contributed by atoms with Gasteiger partial charge in [0.2, 0.25) is 0 Å². The van der Waals surface area contributed by atoms with Gasteiger partial charge < -0.3 is 10.5 Å². The van der Waals surface area contributed by atoms with Crippen molar-refractivity contribution in [2.24, 2.45) is 11.7 Å². The van der Waals surface area contributed by atoms with Gasteiger partial charge in [-0.2, -0.15) is 0 Å². The van der Waals surface area contributed by atoms with E-state index in [1.165, 1.54) is 0 Å². The fourth-order valence-electron chi connectivity index (χ4n) is 1.89. The number of hydrogen-bond donors (Lipinski definition) is 1. The monoisotopic (exact) mass is 207 g/mol. The Hall–Kier alpha value is -1.00. The molecule has 0 spiro atoms. The average Bonchev–Trinajstić information content (AvgIpc) is 2.30. The lowest BCUT2D eigenvalue weighted by atomic mass is 9.90. The van der Waals surface area contributed by atoms with Crippen LogP contribution in [-0.4, -0.2) is 23.2 Å². The first-order valence-corrected chi connectivity index (χ1v) is 5.39. The summed E-state index contributed by atoms with van der Waals surface area (Å²) < 4.78 is 5.31. The Morgan fingerprint density at radius 2 is 2.07 bits per heavy atom. The van der Waals surface area contributed by atoms with Crippen molar-refractivity contribution in [1.29, 1.82) is 0 Å². The summed E-state index contributed by atoms with van der Waals surface area (Å²) in [5, 5.41) is 0. The zero-order chi connectivity index (χ0) is 10.7. The standard InChI is InChI=1S/C11H17N3O/c1-8-6-14-10(7-13-8)11(12)9-2-4-15-5-3-9/h6-7,9,11H,2-5,12H2,1H3. The first kappa shape index (κ1) is 10.5. The number of aromatic nitrogens is 2. The molecule has 1 saturated heterocycles. The zero-order valence-electron chi connectivity index (χ0n) is 9.02. The summed E-state index contributed by atoms with van der Waals surface area (Å²) in [6.07, 6.45) is 5.61. The third-order valence-corrected chi connectivity index (χ3v) is 2.92. The van der Waals surface area contributed by atoms with Crippen LogP contribution >= 0.6 is 0 Å². The maximum atomic E-state index is 6.16. The van der Waals surface area contributed by atoms with Gasteiger partial charge in [0.05, 0.1) is 23.6 Å². The highest BCUT2D eigenvalue weighted by Crippen LogP contribution is 2.26. The molecule has 4 nitrogen and oxygen atoms in total. The molecule has 15 heavy (non-hydrogen) atoms. The van der Waals surface area contributed by atoms with Crippen molar-refractivity contribution in [3.63, 3.8) is 0 Å². The van der Waals surface area contributed by atoms with Gasteiger partial charge in [0.15, 0.2) is 0 Å². The Morgan fingerprint density at radius 1 is 1.33 bits per heavy atom. The van der Waals surface area contributed by atoms with E-state index in [4.69, 9.17) is 10.5 Å². The second-order valence-electron chi connectivity index (χ2n) is 4.06. The molecule has 1 aromatic heterocycles. The highest BCUT2D eigenvalue weighted by atomic mass is 16.5. The lowest BCUT2D eigenvalue weighted by molar-refractivity contribution is 0.0579. The van der Waals surface area contributed by atoms with Gasteiger partial charge in [0.1, 0.15) is 0 Å². The molecule has 4 heteroatoms. The number of ether oxygens (including phenoxy) is 1. The third kappa shape index (κ3) is 2.52. The van der Waals surface area contributed by atoms with Crippen LogP contribution in [0.25, 0.3) is 0 Å². The molecule has 0 amide bonds. The summed E-state index contributed by atoms with van der Waals surface area (Å²) >= 11 is 0. The number of nitrogens with two attached hydrogens (primary N) is 1. The molecule has 2 rings (SSSR count). The molecule has 1 atom stereocenters. The third-order valence-electron chi connectivity index (χ3n) is 2.92. The Kier molecular flexibility index (Phi) is 3.28. The van der Waals surface area contributed by atoms with E-state index in [1.54, 1.807) is 12.4 Å². The molecule has 2 N–H and O–H groups in total. The van der Waals surface area contributed by atoms with Crippen LogP contribution in [0.2, 0.25) is 0 Å². The molecule has 1 unspecified atom stereocenters. The SMILES string of the molecule is Cc1cnc(C(N)C2CCOCC2)cn1. The lowest BCUT2D eigenvalue weighted by Gasteiger charge is -2.26. The van der Waals surface area contributed by atoms with Crippen molar-refractivity contribution in [3.05, 3.63) is 23.8 Å². The van der Waals surface area contributed by atoms with Gasteiger partial charge in [-0.25, -0.2) is 0 Å². The zero-order valence-corrected chi connectivity index (χ0v) is 9.02. The average molecular weight is 207 g/mol. The van der Waals surface area contributed by atoms with Crippen molar-refractivity contribution in [2.45, 2.75) is 25.8 Å². The second kappa shape index (κ2) is 4.68. The van der Waals surface area contributed by atoms with E-state index in [1.807, 2.05) is 6.92 Å². The molecule has 82 valence electrons. The van der Waals surface area contributed by atoms with Gasteiger partial charge in [-0.05, 0) is 25.7 Å². The van der Waals surface area contributed by atoms with Gasteiger partial charge in [0, 0.05) is 19.4 Å². The van der Waals surface area contributed by atoms with Crippen molar-refractivity contribution in [3.8, 4) is 0 Å². The minimum Gasteiger partial charge on any atom is -0.381 e. The smallest absolute Gasteiger partial charge is 0.0756 e. The van der Waals surface area contributed by atoms with Crippen LogP contribution in [0, 0.1) is 12.8 Å². The number of aryl methyl sites for hydroxylation is 1. The van der Waals surface area contributed by atoms with Gasteiger partial charge in [-0.3, -0.25) is 9.97 Å². The maximum absolute atomic E-state index is 6.16. The molecule has 0 aromatic carbocycles. The minimum absolute atomic E-state index is 0.00185. The topological polar surface area (TPSA) is 61.0 Å². The van der Waals surface area contributed by atoms with Crippen molar-refractivity contribution >= 4 is 0 Å². The minimum atomic E-state index is 0.00185. The van der Waals surface area contributed by atoms with Crippen LogP contribution in [0.4, 0.5) is 0 Å². The lowest BCUT2D eigenvalue weighted by Crippen LogP contribution is -2.28. The Labute approximate surface area is 89.9 Å². The number of nitrogens with zero attached hydrogens (tertiary/aromatic N) is 2.